The van der Waals surface area contributed by atoms with Crippen LogP contribution < -0.4 is 4.90 Å². The van der Waals surface area contributed by atoms with Crippen LogP contribution >= 0.6 is 0 Å². The maximum Gasteiger partial charge on any atom is 0.329 e. The molecule has 0 fully saturated rings. The van der Waals surface area contributed by atoms with Gasteiger partial charge in [0.2, 0.25) is 0 Å². The third kappa shape index (κ3) is 2.45. The normalized spacial score (nSPS) is 15.9. The van der Waals surface area contributed by atoms with Gasteiger partial charge in [0.25, 0.3) is 5.91 Å². The molecule has 1 aliphatic rings. The van der Waals surface area contributed by atoms with E-state index < -0.39 is 12.0 Å². The Morgan fingerprint density at radius 1 is 1.08 bits per heavy atom. The minimum absolute atomic E-state index is 0.294. The summed E-state index contributed by atoms with van der Waals surface area (Å²) in [6.45, 7) is 0. The Bertz CT molecular complexity index is 978. The second-order valence-electron chi connectivity index (χ2n) is 5.93. The first-order valence-corrected chi connectivity index (χ1v) is 8.04. The highest BCUT2D eigenvalue weighted by Gasteiger charge is 2.40. The molecule has 1 aliphatic heterocycles. The van der Waals surface area contributed by atoms with Crippen LogP contribution in [0.3, 0.4) is 0 Å². The summed E-state index contributed by atoms with van der Waals surface area (Å²) in [6, 6.07) is 16.3. The maximum atomic E-state index is 13.3. The van der Waals surface area contributed by atoms with Gasteiger partial charge in [0.05, 0.1) is 7.11 Å². The quantitative estimate of drug-likeness (QED) is 0.677. The molecule has 25 heavy (non-hydrogen) atoms. The van der Waals surface area contributed by atoms with E-state index in [9.17, 15) is 9.59 Å². The van der Waals surface area contributed by atoms with E-state index in [4.69, 9.17) is 4.74 Å². The second-order valence-corrected chi connectivity index (χ2v) is 5.93. The number of fused-ring (bicyclic) bond motifs is 2. The van der Waals surface area contributed by atoms with Crippen LogP contribution in [-0.4, -0.2) is 30.0 Å². The van der Waals surface area contributed by atoms with E-state index in [-0.39, 0.29) is 5.91 Å². The van der Waals surface area contributed by atoms with E-state index in [0.29, 0.717) is 12.1 Å². The van der Waals surface area contributed by atoms with E-state index in [1.54, 1.807) is 6.20 Å². The van der Waals surface area contributed by atoms with E-state index in [1.165, 1.54) is 12.0 Å². The topological polar surface area (TPSA) is 59.5 Å². The van der Waals surface area contributed by atoms with Crippen LogP contribution in [0.2, 0.25) is 0 Å². The van der Waals surface area contributed by atoms with Gasteiger partial charge in [-0.1, -0.05) is 42.5 Å². The first-order chi connectivity index (χ1) is 12.2. The van der Waals surface area contributed by atoms with Crippen LogP contribution in [0.25, 0.3) is 10.8 Å². The molecule has 0 spiro atoms. The molecule has 0 N–H and O–H groups in total. The molecule has 0 unspecified atom stereocenters. The number of ether oxygens (including phenoxy) is 1. The molecule has 5 heteroatoms. The summed E-state index contributed by atoms with van der Waals surface area (Å²) >= 11 is 0. The Labute approximate surface area is 144 Å². The van der Waals surface area contributed by atoms with Crippen molar-refractivity contribution < 1.29 is 14.3 Å². The van der Waals surface area contributed by atoms with Gasteiger partial charge in [0.15, 0.2) is 0 Å². The van der Waals surface area contributed by atoms with Crippen molar-refractivity contribution >= 4 is 28.3 Å². The minimum atomic E-state index is -0.671. The zero-order valence-corrected chi connectivity index (χ0v) is 13.7. The number of amides is 1. The molecular formula is C20H16N2O3. The number of benzene rings is 2. The molecule has 5 nitrogen and oxygen atoms in total. The van der Waals surface area contributed by atoms with Crippen LogP contribution in [0.5, 0.6) is 0 Å². The van der Waals surface area contributed by atoms with Gasteiger partial charge in [-0.25, -0.2) is 4.79 Å². The number of carbonyl (C=O) groups is 2. The van der Waals surface area contributed by atoms with Gasteiger partial charge >= 0.3 is 5.97 Å². The van der Waals surface area contributed by atoms with Gasteiger partial charge in [-0.15, -0.1) is 0 Å². The number of para-hydroxylation sites is 1. The van der Waals surface area contributed by atoms with Crippen molar-refractivity contribution in [2.45, 2.75) is 12.5 Å². The van der Waals surface area contributed by atoms with Crippen molar-refractivity contribution in [2.75, 3.05) is 12.0 Å². The molecule has 1 amide bonds. The van der Waals surface area contributed by atoms with Crippen molar-refractivity contribution in [3.05, 3.63) is 72.1 Å². The summed E-state index contributed by atoms with van der Waals surface area (Å²) in [5.41, 5.74) is 2.02. The van der Waals surface area contributed by atoms with Crippen LogP contribution in [-0.2, 0) is 16.0 Å². The molecule has 124 valence electrons. The Balaban J connectivity index is 1.85. The molecule has 1 aromatic heterocycles. The Hall–Kier alpha value is -3.21. The van der Waals surface area contributed by atoms with Crippen molar-refractivity contribution in [3.63, 3.8) is 0 Å². The molecule has 4 rings (SSSR count). The number of rotatable bonds is 2. The molecule has 1 atom stereocenters. The average molecular weight is 332 g/mol. The van der Waals surface area contributed by atoms with Gasteiger partial charge in [-0.2, -0.15) is 0 Å². The van der Waals surface area contributed by atoms with E-state index in [0.717, 1.165) is 22.0 Å². The number of hydrogen-bond donors (Lipinski definition) is 0. The van der Waals surface area contributed by atoms with E-state index in [2.05, 4.69) is 4.98 Å². The van der Waals surface area contributed by atoms with Crippen LogP contribution in [0.1, 0.15) is 16.1 Å². The lowest BCUT2D eigenvalue weighted by Crippen LogP contribution is -2.43. The summed E-state index contributed by atoms with van der Waals surface area (Å²) in [7, 11) is 1.34. The summed E-state index contributed by atoms with van der Waals surface area (Å²) in [4.78, 5) is 31.4. The smallest absolute Gasteiger partial charge is 0.329 e. The van der Waals surface area contributed by atoms with E-state index in [1.807, 2.05) is 54.6 Å². The number of methoxy groups -OCH3 is 1. The molecule has 0 radical (unpaired) electrons. The average Bonchev–Trinajstić information content (AvgIpc) is 3.06. The highest BCUT2D eigenvalue weighted by molar-refractivity contribution is 6.15. The molecule has 2 aromatic carbocycles. The molecule has 3 aromatic rings. The number of esters is 1. The Morgan fingerprint density at radius 3 is 2.68 bits per heavy atom. The molecule has 0 aliphatic carbocycles. The molecule has 0 saturated carbocycles. The summed E-state index contributed by atoms with van der Waals surface area (Å²) < 4.78 is 4.92. The van der Waals surface area contributed by atoms with Gasteiger partial charge in [-0.05, 0) is 23.1 Å². The fourth-order valence-electron chi connectivity index (χ4n) is 3.37. The van der Waals surface area contributed by atoms with Crippen molar-refractivity contribution in [3.8, 4) is 0 Å². The van der Waals surface area contributed by atoms with Crippen LogP contribution in [0.4, 0.5) is 5.69 Å². The number of aromatic nitrogens is 1. The van der Waals surface area contributed by atoms with Gasteiger partial charge in [-0.3, -0.25) is 14.7 Å². The van der Waals surface area contributed by atoms with Crippen LogP contribution in [0, 0.1) is 0 Å². The fourth-order valence-corrected chi connectivity index (χ4v) is 3.37. The molecule has 0 saturated heterocycles. The number of hydrogen-bond acceptors (Lipinski definition) is 4. The zero-order chi connectivity index (χ0) is 17.4. The van der Waals surface area contributed by atoms with Gasteiger partial charge in [0, 0.05) is 23.7 Å². The standard InChI is InChI=1S/C20H16N2O3/c1-25-20(24)17-12-14-7-3-5-9-16(14)22(17)19(23)18-15-8-4-2-6-13(15)10-11-21-18/h2-11,17H,12H2,1H3/t17-/m1/s1. The van der Waals surface area contributed by atoms with Crippen LogP contribution in [0.15, 0.2) is 60.8 Å². The molecule has 2 heterocycles. The molecule has 0 bridgehead atoms. The van der Waals surface area contributed by atoms with E-state index >= 15 is 0 Å². The van der Waals surface area contributed by atoms with Gasteiger partial charge in [0.1, 0.15) is 11.7 Å². The fraction of sp³-hybridized carbons (Fsp3) is 0.150. The first-order valence-electron chi connectivity index (χ1n) is 8.04. The largest absolute Gasteiger partial charge is 0.467 e. The Kier molecular flexibility index (Phi) is 3.69. The highest BCUT2D eigenvalue weighted by Crippen LogP contribution is 2.34. The third-order valence-electron chi connectivity index (χ3n) is 4.54. The van der Waals surface area contributed by atoms with Crippen molar-refractivity contribution in [1.82, 2.24) is 4.98 Å². The van der Waals surface area contributed by atoms with Crippen molar-refractivity contribution in [2.24, 2.45) is 0 Å². The molecular weight excluding hydrogens is 316 g/mol. The lowest BCUT2D eigenvalue weighted by atomic mass is 10.1. The SMILES string of the molecule is COC(=O)[C@H]1Cc2ccccc2N1C(=O)c1nccc2ccccc12. The zero-order valence-electron chi connectivity index (χ0n) is 13.7. The summed E-state index contributed by atoms with van der Waals surface area (Å²) in [5.74, 6) is -0.720. The summed E-state index contributed by atoms with van der Waals surface area (Å²) in [5, 5.41) is 1.70. The third-order valence-corrected chi connectivity index (χ3v) is 4.54. The monoisotopic (exact) mass is 332 g/mol. The van der Waals surface area contributed by atoms with Crippen molar-refractivity contribution in [1.29, 1.82) is 0 Å². The highest BCUT2D eigenvalue weighted by atomic mass is 16.5. The first kappa shape index (κ1) is 15.3. The lowest BCUT2D eigenvalue weighted by molar-refractivity contribution is -0.141. The summed E-state index contributed by atoms with van der Waals surface area (Å²) in [6.07, 6.45) is 2.06. The predicted octanol–water partition coefficient (Wildman–Crippen LogP) is 2.98. The number of carbonyl (C=O) groups excluding carboxylic acids is 2. The Morgan fingerprint density at radius 2 is 1.84 bits per heavy atom. The lowest BCUT2D eigenvalue weighted by Gasteiger charge is -2.23. The second kappa shape index (κ2) is 6.02. The van der Waals surface area contributed by atoms with Gasteiger partial charge < -0.3 is 4.74 Å². The number of anilines is 1. The number of nitrogens with zero attached hydrogens (tertiary/aromatic N) is 2. The predicted molar refractivity (Wildman–Crippen MR) is 94.5 cm³/mol. The minimum Gasteiger partial charge on any atom is -0.467 e. The number of pyridine rings is 1. The maximum absolute atomic E-state index is 13.3.